The van der Waals surface area contributed by atoms with Gasteiger partial charge in [-0.3, -0.25) is 9.69 Å². The highest BCUT2D eigenvalue weighted by atomic mass is 16.5. The SMILES string of the molecule is C/C(C(=O)Nc1cc(C)ccn1)=C(/O)[C@@H]1Oc2c(O)ccc3c2[C@@]12CCN(CC1CC1)[C@H](C3)[C@@]2(C)O. The number of rotatable bonds is 5. The van der Waals surface area contributed by atoms with E-state index in [9.17, 15) is 20.1 Å². The number of aliphatic hydroxyl groups is 2. The molecule has 0 unspecified atom stereocenters. The summed E-state index contributed by atoms with van der Waals surface area (Å²) in [5.41, 5.74) is 0.572. The van der Waals surface area contributed by atoms with E-state index in [1.54, 1.807) is 25.3 Å². The lowest BCUT2D eigenvalue weighted by atomic mass is 9.53. The van der Waals surface area contributed by atoms with E-state index in [0.29, 0.717) is 30.3 Å². The molecule has 0 radical (unpaired) electrons. The average molecular weight is 492 g/mol. The van der Waals surface area contributed by atoms with Gasteiger partial charge >= 0.3 is 0 Å². The van der Waals surface area contributed by atoms with Crippen LogP contribution in [0, 0.1) is 12.8 Å². The molecule has 1 saturated carbocycles. The number of fused-ring (bicyclic) bond motifs is 1. The first kappa shape index (κ1) is 23.3. The van der Waals surface area contributed by atoms with Crippen molar-refractivity contribution in [2.75, 3.05) is 18.4 Å². The Hall–Kier alpha value is -3.10. The number of nitrogens with zero attached hydrogens (tertiary/aromatic N) is 2. The number of phenols is 1. The number of anilines is 1. The molecule has 2 aliphatic carbocycles. The van der Waals surface area contributed by atoms with E-state index < -0.39 is 23.0 Å². The predicted octanol–water partition coefficient (Wildman–Crippen LogP) is 3.36. The Kier molecular flexibility index (Phi) is 5.15. The molecule has 2 fully saturated rings. The summed E-state index contributed by atoms with van der Waals surface area (Å²) in [6.45, 7) is 6.98. The minimum Gasteiger partial charge on any atom is -0.508 e. The third-order valence-electron chi connectivity index (χ3n) is 8.87. The van der Waals surface area contributed by atoms with Gasteiger partial charge in [0.25, 0.3) is 5.91 Å². The number of nitrogens with one attached hydrogen (secondary N) is 1. The van der Waals surface area contributed by atoms with Crippen molar-refractivity contribution >= 4 is 11.7 Å². The van der Waals surface area contributed by atoms with E-state index >= 15 is 0 Å². The van der Waals surface area contributed by atoms with Crippen LogP contribution in [0.3, 0.4) is 0 Å². The third kappa shape index (κ3) is 3.27. The zero-order valence-corrected chi connectivity index (χ0v) is 20.9. The summed E-state index contributed by atoms with van der Waals surface area (Å²) in [5.74, 6) is 0.606. The number of aryl methyl sites for hydroxylation is 1. The molecule has 2 bridgehead atoms. The van der Waals surface area contributed by atoms with Gasteiger partial charge in [-0.15, -0.1) is 0 Å². The maximum absolute atomic E-state index is 13.1. The molecule has 1 spiro atoms. The fourth-order valence-electron chi connectivity index (χ4n) is 6.70. The Bertz CT molecular complexity index is 1280. The Morgan fingerprint density at radius 1 is 1.31 bits per heavy atom. The number of likely N-dealkylation sites (tertiary alicyclic amines) is 1. The lowest BCUT2D eigenvalue weighted by Crippen LogP contribution is -2.73. The lowest BCUT2D eigenvalue weighted by molar-refractivity contribution is -0.153. The van der Waals surface area contributed by atoms with Crippen molar-refractivity contribution in [3.8, 4) is 11.5 Å². The Balaban J connectivity index is 1.42. The zero-order valence-electron chi connectivity index (χ0n) is 20.9. The number of phenolic OH excluding ortho intramolecular Hbond substituents is 1. The van der Waals surface area contributed by atoms with E-state index in [2.05, 4.69) is 15.2 Å². The van der Waals surface area contributed by atoms with Crippen molar-refractivity contribution in [3.63, 3.8) is 0 Å². The van der Waals surface area contributed by atoms with Crippen LogP contribution in [0.15, 0.2) is 41.8 Å². The van der Waals surface area contributed by atoms with Crippen LogP contribution in [0.25, 0.3) is 0 Å². The minimum absolute atomic E-state index is 0.0239. The van der Waals surface area contributed by atoms with Gasteiger partial charge in [-0.05, 0) is 88.2 Å². The van der Waals surface area contributed by atoms with Crippen LogP contribution in [0.4, 0.5) is 5.82 Å². The first-order chi connectivity index (χ1) is 17.1. The smallest absolute Gasteiger partial charge is 0.255 e. The van der Waals surface area contributed by atoms with Gasteiger partial charge in [-0.1, -0.05) is 6.07 Å². The van der Waals surface area contributed by atoms with Gasteiger partial charge in [0.1, 0.15) is 11.6 Å². The summed E-state index contributed by atoms with van der Waals surface area (Å²) in [7, 11) is 0. The van der Waals surface area contributed by atoms with Gasteiger partial charge in [-0.2, -0.15) is 0 Å². The molecule has 1 amide bonds. The number of hydrogen-bond acceptors (Lipinski definition) is 7. The normalized spacial score (nSPS) is 31.3. The molecule has 2 aliphatic heterocycles. The van der Waals surface area contributed by atoms with Crippen molar-refractivity contribution < 1.29 is 24.9 Å². The van der Waals surface area contributed by atoms with Crippen molar-refractivity contribution in [1.82, 2.24) is 9.88 Å². The highest BCUT2D eigenvalue weighted by Gasteiger charge is 2.69. The summed E-state index contributed by atoms with van der Waals surface area (Å²) >= 11 is 0. The molecular formula is C28H33N3O5. The molecule has 2 aromatic rings. The number of pyridine rings is 1. The van der Waals surface area contributed by atoms with Crippen molar-refractivity contribution in [2.24, 2.45) is 5.92 Å². The number of aromatic nitrogens is 1. The second kappa shape index (κ2) is 7.95. The van der Waals surface area contributed by atoms with Crippen molar-refractivity contribution in [2.45, 2.75) is 69.6 Å². The Morgan fingerprint density at radius 2 is 2.08 bits per heavy atom. The number of hydrogen-bond donors (Lipinski definition) is 4. The van der Waals surface area contributed by atoms with Gasteiger partial charge in [0.2, 0.25) is 0 Å². The molecule has 1 saturated heterocycles. The third-order valence-corrected chi connectivity index (χ3v) is 8.87. The molecule has 1 aromatic carbocycles. The number of aromatic hydroxyl groups is 1. The number of benzene rings is 1. The molecule has 4 N–H and O–H groups in total. The standard InChI is InChI=1S/C28H33N3O5/c1-15-8-10-29-21(12-15)30-26(34)16(2)23(33)25-28-9-11-31(14-17-4-5-17)20(27(28,3)35)13-18-6-7-19(32)24(36-25)22(18)28/h6-8,10,12,17,20,25,32-33,35H,4-5,9,11,13-14H2,1-3H3,(H,29,30,34)/b23-16-/t20-,25+,27-,28+/m1/s1. The first-order valence-electron chi connectivity index (χ1n) is 12.8. The van der Waals surface area contributed by atoms with Crippen LogP contribution in [0.1, 0.15) is 49.8 Å². The van der Waals surface area contributed by atoms with Crippen LogP contribution in [-0.2, 0) is 16.6 Å². The number of carbonyl (C=O) groups excluding carboxylic acids is 1. The predicted molar refractivity (Wildman–Crippen MR) is 134 cm³/mol. The van der Waals surface area contributed by atoms with Crippen molar-refractivity contribution in [3.05, 3.63) is 58.5 Å². The molecule has 6 rings (SSSR count). The maximum Gasteiger partial charge on any atom is 0.255 e. The van der Waals surface area contributed by atoms with E-state index in [4.69, 9.17) is 4.74 Å². The van der Waals surface area contributed by atoms with Crippen LogP contribution in [0.5, 0.6) is 11.5 Å². The van der Waals surface area contributed by atoms with Crippen LogP contribution in [-0.4, -0.2) is 61.9 Å². The molecule has 3 heterocycles. The minimum atomic E-state index is -1.25. The summed E-state index contributed by atoms with van der Waals surface area (Å²) < 4.78 is 6.27. The molecule has 4 atom stereocenters. The topological polar surface area (TPSA) is 115 Å². The summed E-state index contributed by atoms with van der Waals surface area (Å²) in [5, 5.41) is 37.2. The summed E-state index contributed by atoms with van der Waals surface area (Å²) in [6, 6.07) is 6.95. The fourth-order valence-corrected chi connectivity index (χ4v) is 6.70. The second-order valence-electron chi connectivity index (χ2n) is 11.2. The van der Waals surface area contributed by atoms with E-state index in [0.717, 1.165) is 29.8 Å². The van der Waals surface area contributed by atoms with Gasteiger partial charge in [-0.25, -0.2) is 4.98 Å². The summed E-state index contributed by atoms with van der Waals surface area (Å²) in [6.07, 6.45) is 4.24. The molecule has 36 heavy (non-hydrogen) atoms. The quantitative estimate of drug-likeness (QED) is 0.375. The Labute approximate surface area is 210 Å². The van der Waals surface area contributed by atoms with Gasteiger partial charge in [0, 0.05) is 24.3 Å². The highest BCUT2D eigenvalue weighted by molar-refractivity contribution is 6.03. The van der Waals surface area contributed by atoms with Crippen molar-refractivity contribution in [1.29, 1.82) is 0 Å². The summed E-state index contributed by atoms with van der Waals surface area (Å²) in [4.78, 5) is 19.7. The first-order valence-corrected chi connectivity index (χ1v) is 12.8. The average Bonchev–Trinajstić information content (AvgIpc) is 3.57. The van der Waals surface area contributed by atoms with Crippen LogP contribution >= 0.6 is 0 Å². The highest BCUT2D eigenvalue weighted by Crippen LogP contribution is 2.63. The van der Waals surface area contributed by atoms with Crippen LogP contribution < -0.4 is 10.1 Å². The Morgan fingerprint density at radius 3 is 2.81 bits per heavy atom. The molecular weight excluding hydrogens is 458 g/mol. The molecule has 1 aromatic heterocycles. The number of piperidine rings is 1. The van der Waals surface area contributed by atoms with Gasteiger partial charge in [0.05, 0.1) is 16.6 Å². The van der Waals surface area contributed by atoms with E-state index in [-0.39, 0.29) is 23.1 Å². The van der Waals surface area contributed by atoms with E-state index in [1.165, 1.54) is 12.8 Å². The second-order valence-corrected chi connectivity index (χ2v) is 11.2. The lowest BCUT2D eigenvalue weighted by Gasteiger charge is -2.59. The maximum atomic E-state index is 13.1. The number of carbonyl (C=O) groups is 1. The largest absolute Gasteiger partial charge is 0.508 e. The number of amides is 1. The van der Waals surface area contributed by atoms with Gasteiger partial charge in [0.15, 0.2) is 17.6 Å². The fraction of sp³-hybridized carbons (Fsp3) is 0.500. The molecule has 190 valence electrons. The van der Waals surface area contributed by atoms with E-state index in [1.807, 2.05) is 26.0 Å². The molecule has 8 heteroatoms. The molecule has 4 aliphatic rings. The number of ether oxygens (including phenoxy) is 1. The van der Waals surface area contributed by atoms with Gasteiger partial charge < -0.3 is 25.4 Å². The zero-order chi connectivity index (χ0) is 25.4. The number of aliphatic hydroxyl groups excluding tert-OH is 1. The van der Waals surface area contributed by atoms with Crippen LogP contribution in [0.2, 0.25) is 0 Å². The molecule has 8 nitrogen and oxygen atoms in total. The monoisotopic (exact) mass is 491 g/mol.